The van der Waals surface area contributed by atoms with E-state index in [1.165, 1.54) is 9.90 Å². The number of rotatable bonds is 4. The zero-order valence-corrected chi connectivity index (χ0v) is 12.4. The molecule has 0 aliphatic rings. The van der Waals surface area contributed by atoms with Gasteiger partial charge < -0.3 is 10.1 Å². The minimum absolute atomic E-state index is 0.609. The van der Waals surface area contributed by atoms with Gasteiger partial charge in [-0.05, 0) is 53.3 Å². The van der Waals surface area contributed by atoms with Crippen molar-refractivity contribution in [2.24, 2.45) is 0 Å². The van der Waals surface area contributed by atoms with Gasteiger partial charge in [0.2, 0.25) is 5.88 Å². The first-order valence-electron chi connectivity index (χ1n) is 5.69. The predicted octanol–water partition coefficient (Wildman–Crippen LogP) is 3.48. The number of nitrogens with zero attached hydrogens (tertiary/aromatic N) is 2. The molecule has 0 saturated heterocycles. The highest BCUT2D eigenvalue weighted by atomic mass is 127. The Morgan fingerprint density at radius 3 is 2.56 bits per heavy atom. The van der Waals surface area contributed by atoms with E-state index in [2.05, 4.69) is 44.8 Å². The number of ether oxygens (including phenoxy) is 1. The van der Waals surface area contributed by atoms with Gasteiger partial charge in [-0.2, -0.15) is 0 Å². The molecule has 0 atom stereocenters. The number of hydrogen-bond donors (Lipinski definition) is 1. The summed E-state index contributed by atoms with van der Waals surface area (Å²) in [6.45, 7) is 2.06. The van der Waals surface area contributed by atoms with Crippen molar-refractivity contribution in [1.82, 2.24) is 9.97 Å². The minimum atomic E-state index is 0.609. The second-order valence-corrected chi connectivity index (χ2v) is 4.91. The quantitative estimate of drug-likeness (QED) is 0.854. The summed E-state index contributed by atoms with van der Waals surface area (Å²) in [6, 6.07) is 7.87. The van der Waals surface area contributed by atoms with Gasteiger partial charge in [-0.1, -0.05) is 6.92 Å². The van der Waals surface area contributed by atoms with Crippen LogP contribution in [0.4, 0.5) is 5.82 Å². The molecule has 0 saturated carbocycles. The maximum Gasteiger partial charge on any atom is 0.227 e. The molecule has 94 valence electrons. The second-order valence-electron chi connectivity index (χ2n) is 3.67. The topological polar surface area (TPSA) is 47.0 Å². The Morgan fingerprint density at radius 2 is 1.94 bits per heavy atom. The molecule has 0 amide bonds. The van der Waals surface area contributed by atoms with Crippen LogP contribution in [-0.4, -0.2) is 17.0 Å². The smallest absolute Gasteiger partial charge is 0.227 e. The third-order valence-electron chi connectivity index (χ3n) is 2.52. The van der Waals surface area contributed by atoms with Crippen molar-refractivity contribution in [1.29, 1.82) is 0 Å². The average molecular weight is 355 g/mol. The largest absolute Gasteiger partial charge is 0.439 e. The lowest BCUT2D eigenvalue weighted by Crippen LogP contribution is -2.02. The normalized spacial score (nSPS) is 10.2. The van der Waals surface area contributed by atoms with Gasteiger partial charge in [0.25, 0.3) is 0 Å². The molecule has 0 fully saturated rings. The van der Waals surface area contributed by atoms with Crippen LogP contribution in [0.25, 0.3) is 0 Å². The summed E-state index contributed by atoms with van der Waals surface area (Å²) in [5, 5.41) is 3.05. The molecule has 2 rings (SSSR count). The van der Waals surface area contributed by atoms with Crippen LogP contribution < -0.4 is 10.1 Å². The highest BCUT2D eigenvalue weighted by molar-refractivity contribution is 14.1. The minimum Gasteiger partial charge on any atom is -0.439 e. The van der Waals surface area contributed by atoms with Crippen molar-refractivity contribution in [2.45, 2.75) is 13.3 Å². The number of halogens is 1. The molecule has 18 heavy (non-hydrogen) atoms. The molecule has 0 aliphatic heterocycles. The summed E-state index contributed by atoms with van der Waals surface area (Å²) >= 11 is 2.26. The fourth-order valence-corrected chi connectivity index (χ4v) is 1.99. The number of anilines is 1. The molecule has 1 aromatic carbocycles. The predicted molar refractivity (Wildman–Crippen MR) is 80.2 cm³/mol. The Kier molecular flexibility index (Phi) is 4.35. The van der Waals surface area contributed by atoms with Gasteiger partial charge in [0.1, 0.15) is 17.9 Å². The number of hydrogen-bond acceptors (Lipinski definition) is 4. The van der Waals surface area contributed by atoms with Crippen LogP contribution >= 0.6 is 22.6 Å². The van der Waals surface area contributed by atoms with E-state index >= 15 is 0 Å². The van der Waals surface area contributed by atoms with E-state index < -0.39 is 0 Å². The lowest BCUT2D eigenvalue weighted by Gasteiger charge is -2.11. The first-order chi connectivity index (χ1) is 8.74. The Bertz CT molecular complexity index is 528. The summed E-state index contributed by atoms with van der Waals surface area (Å²) in [5.74, 6) is 2.21. The molecule has 1 heterocycles. The Balaban J connectivity index is 2.31. The Hall–Kier alpha value is -1.37. The van der Waals surface area contributed by atoms with E-state index in [4.69, 9.17) is 4.74 Å². The summed E-state index contributed by atoms with van der Waals surface area (Å²) in [6.07, 6.45) is 2.32. The van der Waals surface area contributed by atoms with Crippen LogP contribution in [0.2, 0.25) is 0 Å². The van der Waals surface area contributed by atoms with Crippen molar-refractivity contribution in [3.8, 4) is 11.6 Å². The Labute approximate surface area is 120 Å². The van der Waals surface area contributed by atoms with Crippen LogP contribution in [0.15, 0.2) is 30.6 Å². The monoisotopic (exact) mass is 355 g/mol. The molecule has 2 aromatic rings. The van der Waals surface area contributed by atoms with Gasteiger partial charge in [0.15, 0.2) is 0 Å². The van der Waals surface area contributed by atoms with Crippen molar-refractivity contribution >= 4 is 28.4 Å². The van der Waals surface area contributed by atoms with Crippen LogP contribution in [0.1, 0.15) is 12.5 Å². The van der Waals surface area contributed by atoms with Crippen LogP contribution in [0.5, 0.6) is 11.6 Å². The van der Waals surface area contributed by atoms with Crippen molar-refractivity contribution in [3.05, 3.63) is 39.7 Å². The molecule has 0 unspecified atom stereocenters. The van der Waals surface area contributed by atoms with Crippen molar-refractivity contribution in [2.75, 3.05) is 12.4 Å². The summed E-state index contributed by atoms with van der Waals surface area (Å²) < 4.78 is 6.98. The van der Waals surface area contributed by atoms with Gasteiger partial charge in [-0.25, -0.2) is 9.97 Å². The summed E-state index contributed by atoms with van der Waals surface area (Å²) in [4.78, 5) is 8.38. The summed E-state index contributed by atoms with van der Waals surface area (Å²) in [5.41, 5.74) is 0.985. The molecule has 0 bridgehead atoms. The summed E-state index contributed by atoms with van der Waals surface area (Å²) in [7, 11) is 1.84. The molecule has 5 heteroatoms. The third-order valence-corrected chi connectivity index (χ3v) is 3.24. The lowest BCUT2D eigenvalue weighted by molar-refractivity contribution is 0.455. The number of aromatic nitrogens is 2. The average Bonchev–Trinajstić information content (AvgIpc) is 2.41. The van der Waals surface area contributed by atoms with Crippen molar-refractivity contribution < 1.29 is 4.74 Å². The van der Waals surface area contributed by atoms with Gasteiger partial charge in [-0.15, -0.1) is 0 Å². The lowest BCUT2D eigenvalue weighted by atomic mass is 10.2. The van der Waals surface area contributed by atoms with E-state index in [-0.39, 0.29) is 0 Å². The van der Waals surface area contributed by atoms with Gasteiger partial charge in [0.05, 0.1) is 5.56 Å². The zero-order valence-electron chi connectivity index (χ0n) is 10.3. The van der Waals surface area contributed by atoms with E-state index in [0.717, 1.165) is 23.6 Å². The van der Waals surface area contributed by atoms with E-state index in [9.17, 15) is 0 Å². The van der Waals surface area contributed by atoms with Gasteiger partial charge in [-0.3, -0.25) is 0 Å². The highest BCUT2D eigenvalue weighted by Gasteiger charge is 2.10. The van der Waals surface area contributed by atoms with Crippen LogP contribution in [0, 0.1) is 3.57 Å². The standard InChI is InChI=1S/C13H14IN3O/c1-3-11-12(15-2)16-8-17-13(11)18-10-6-4-9(14)5-7-10/h4-8H,3H2,1-2H3,(H,15,16,17). The molecular formula is C13H14IN3O. The SMILES string of the molecule is CCc1c(NC)ncnc1Oc1ccc(I)cc1. The second kappa shape index (κ2) is 5.99. The van der Waals surface area contributed by atoms with Gasteiger partial charge in [0, 0.05) is 10.6 Å². The first-order valence-corrected chi connectivity index (χ1v) is 6.77. The molecule has 4 nitrogen and oxygen atoms in total. The fourth-order valence-electron chi connectivity index (χ4n) is 1.63. The van der Waals surface area contributed by atoms with E-state index in [1.807, 2.05) is 31.3 Å². The number of nitrogens with one attached hydrogen (secondary N) is 1. The zero-order chi connectivity index (χ0) is 13.0. The number of benzene rings is 1. The highest BCUT2D eigenvalue weighted by Crippen LogP contribution is 2.27. The van der Waals surface area contributed by atoms with Gasteiger partial charge >= 0.3 is 0 Å². The Morgan fingerprint density at radius 1 is 1.22 bits per heavy atom. The first kappa shape index (κ1) is 13.1. The third kappa shape index (κ3) is 2.90. The maximum absolute atomic E-state index is 5.80. The van der Waals surface area contributed by atoms with E-state index in [1.54, 1.807) is 0 Å². The molecule has 0 spiro atoms. The molecule has 1 N–H and O–H groups in total. The van der Waals surface area contributed by atoms with Crippen LogP contribution in [-0.2, 0) is 6.42 Å². The molecule has 0 aliphatic carbocycles. The fraction of sp³-hybridized carbons (Fsp3) is 0.231. The van der Waals surface area contributed by atoms with E-state index in [0.29, 0.717) is 5.88 Å². The molecule has 0 radical (unpaired) electrons. The molecule has 1 aromatic heterocycles. The van der Waals surface area contributed by atoms with Crippen molar-refractivity contribution in [3.63, 3.8) is 0 Å². The van der Waals surface area contributed by atoms with Crippen LogP contribution in [0.3, 0.4) is 0 Å². The molecular weight excluding hydrogens is 341 g/mol. The maximum atomic E-state index is 5.80.